The molecular weight excluding hydrogens is 376 g/mol. The van der Waals surface area contributed by atoms with Gasteiger partial charge >= 0.3 is 0 Å². The minimum atomic E-state index is -4.13. The molecule has 2 aromatic rings. The Morgan fingerprint density at radius 3 is 2.40 bits per heavy atom. The van der Waals surface area contributed by atoms with Crippen LogP contribution in [0.25, 0.3) is 0 Å². The maximum atomic E-state index is 13.5. The highest BCUT2D eigenvalue weighted by Crippen LogP contribution is 2.28. The topological polar surface area (TPSA) is 46.2 Å². The third kappa shape index (κ3) is 3.11. The van der Waals surface area contributed by atoms with E-state index >= 15 is 0 Å². The van der Waals surface area contributed by atoms with Gasteiger partial charge in [-0.1, -0.05) is 17.7 Å². The van der Waals surface area contributed by atoms with Crippen molar-refractivity contribution in [2.75, 3.05) is 4.72 Å². The minimum Gasteiger partial charge on any atom is -0.275 e. The first-order chi connectivity index (χ1) is 9.31. The molecule has 8 heteroatoms. The van der Waals surface area contributed by atoms with Crippen LogP contribution in [0.1, 0.15) is 0 Å². The number of rotatable bonds is 3. The maximum absolute atomic E-state index is 13.5. The molecule has 3 nitrogen and oxygen atoms in total. The molecule has 0 bridgehead atoms. The van der Waals surface area contributed by atoms with E-state index in [-0.39, 0.29) is 20.1 Å². The number of hydrogen-bond donors (Lipinski definition) is 1. The molecule has 106 valence electrons. The molecule has 0 fully saturated rings. The van der Waals surface area contributed by atoms with Crippen molar-refractivity contribution in [1.29, 1.82) is 0 Å². The van der Waals surface area contributed by atoms with Crippen molar-refractivity contribution in [3.05, 3.63) is 57.5 Å². The van der Waals surface area contributed by atoms with Gasteiger partial charge in [0.1, 0.15) is 17.3 Å². The van der Waals surface area contributed by atoms with E-state index in [1.54, 1.807) is 0 Å². The van der Waals surface area contributed by atoms with Gasteiger partial charge in [-0.2, -0.15) is 0 Å². The van der Waals surface area contributed by atoms with Crippen molar-refractivity contribution in [1.82, 2.24) is 0 Å². The standard InChI is InChI=1S/C12H7BrClF2NO2S/c13-8-5-4-7(6-11(8)16)20(18,19)17-12-9(14)2-1-3-10(12)15/h1-6,17H. The van der Waals surface area contributed by atoms with Gasteiger partial charge in [0.25, 0.3) is 10.0 Å². The van der Waals surface area contributed by atoms with Crippen molar-refractivity contribution < 1.29 is 17.2 Å². The highest BCUT2D eigenvalue weighted by atomic mass is 79.9. The molecule has 20 heavy (non-hydrogen) atoms. The van der Waals surface area contributed by atoms with Gasteiger partial charge in [-0.15, -0.1) is 0 Å². The average molecular weight is 383 g/mol. The monoisotopic (exact) mass is 381 g/mol. The van der Waals surface area contributed by atoms with Gasteiger partial charge in [0.05, 0.1) is 14.4 Å². The molecule has 1 N–H and O–H groups in total. The second-order valence-electron chi connectivity index (χ2n) is 3.78. The van der Waals surface area contributed by atoms with Crippen LogP contribution in [0.4, 0.5) is 14.5 Å². The molecule has 2 rings (SSSR count). The Labute approximate surface area is 127 Å². The summed E-state index contributed by atoms with van der Waals surface area (Å²) in [7, 11) is -4.13. The molecule has 0 aliphatic carbocycles. The van der Waals surface area contributed by atoms with Gasteiger partial charge in [-0.05, 0) is 46.3 Å². The average Bonchev–Trinajstić information content (AvgIpc) is 2.37. The lowest BCUT2D eigenvalue weighted by atomic mass is 10.3. The summed E-state index contributed by atoms with van der Waals surface area (Å²) in [5.41, 5.74) is -0.377. The highest BCUT2D eigenvalue weighted by molar-refractivity contribution is 9.10. The van der Waals surface area contributed by atoms with Crippen LogP contribution in [0.15, 0.2) is 45.8 Å². The molecule has 0 heterocycles. The van der Waals surface area contributed by atoms with Crippen LogP contribution in [0.2, 0.25) is 5.02 Å². The van der Waals surface area contributed by atoms with Crippen molar-refractivity contribution in [3.8, 4) is 0 Å². The van der Waals surface area contributed by atoms with E-state index in [1.165, 1.54) is 24.3 Å². The third-order valence-electron chi connectivity index (χ3n) is 2.40. The van der Waals surface area contributed by atoms with Crippen LogP contribution in [-0.4, -0.2) is 8.42 Å². The second kappa shape index (κ2) is 5.67. The van der Waals surface area contributed by atoms with Crippen LogP contribution in [0.5, 0.6) is 0 Å². The summed E-state index contributed by atoms with van der Waals surface area (Å²) in [4.78, 5) is -0.336. The largest absolute Gasteiger partial charge is 0.275 e. The van der Waals surface area contributed by atoms with Crippen LogP contribution in [0.3, 0.4) is 0 Å². The van der Waals surface area contributed by atoms with Crippen molar-refractivity contribution in [2.45, 2.75) is 4.90 Å². The number of benzene rings is 2. The molecule has 0 aromatic heterocycles. The van der Waals surface area contributed by atoms with Gasteiger partial charge < -0.3 is 0 Å². The van der Waals surface area contributed by atoms with E-state index in [0.717, 1.165) is 12.1 Å². The lowest BCUT2D eigenvalue weighted by Crippen LogP contribution is -2.14. The normalized spacial score (nSPS) is 11.4. The van der Waals surface area contributed by atoms with E-state index in [2.05, 4.69) is 15.9 Å². The molecular formula is C12H7BrClF2NO2S. The predicted molar refractivity (Wildman–Crippen MR) is 76.3 cm³/mol. The van der Waals surface area contributed by atoms with Gasteiger partial charge in [-0.25, -0.2) is 17.2 Å². The summed E-state index contributed by atoms with van der Waals surface area (Å²) < 4.78 is 53.1. The molecule has 0 aliphatic rings. The molecule has 2 aromatic carbocycles. The summed E-state index contributed by atoms with van der Waals surface area (Å²) in [6.45, 7) is 0. The number of anilines is 1. The van der Waals surface area contributed by atoms with Crippen molar-refractivity contribution in [2.24, 2.45) is 0 Å². The molecule has 0 amide bonds. The Balaban J connectivity index is 2.43. The number of halogens is 4. The lowest BCUT2D eigenvalue weighted by Gasteiger charge is -2.10. The summed E-state index contributed by atoms with van der Waals surface area (Å²) in [5, 5.41) is -0.0915. The predicted octanol–water partition coefficient (Wildman–Crippen LogP) is 4.18. The van der Waals surface area contributed by atoms with Crippen LogP contribution >= 0.6 is 27.5 Å². The first-order valence-corrected chi connectivity index (χ1v) is 7.88. The van der Waals surface area contributed by atoms with Gasteiger partial charge in [-0.3, -0.25) is 4.72 Å². The molecule has 0 aliphatic heterocycles. The zero-order valence-electron chi connectivity index (χ0n) is 9.70. The maximum Gasteiger partial charge on any atom is 0.262 e. The molecule has 0 radical (unpaired) electrons. The molecule has 0 saturated carbocycles. The number of para-hydroxylation sites is 1. The zero-order valence-corrected chi connectivity index (χ0v) is 12.9. The Hall–Kier alpha value is -1.18. The molecule has 0 saturated heterocycles. The fraction of sp³-hybridized carbons (Fsp3) is 0. The molecule has 0 unspecified atom stereocenters. The van der Waals surface area contributed by atoms with Crippen molar-refractivity contribution >= 4 is 43.2 Å². The quantitative estimate of drug-likeness (QED) is 0.865. The van der Waals surface area contributed by atoms with Gasteiger partial charge in [0.2, 0.25) is 0 Å². The molecule has 0 atom stereocenters. The molecule has 0 spiro atoms. The van der Waals surface area contributed by atoms with Crippen LogP contribution in [-0.2, 0) is 10.0 Å². The van der Waals surface area contributed by atoms with Gasteiger partial charge in [0, 0.05) is 0 Å². The van der Waals surface area contributed by atoms with E-state index in [4.69, 9.17) is 11.6 Å². The van der Waals surface area contributed by atoms with E-state index in [1.807, 2.05) is 4.72 Å². The zero-order chi connectivity index (χ0) is 14.9. The summed E-state index contributed by atoms with van der Waals surface area (Å²) in [5.74, 6) is -1.56. The second-order valence-corrected chi connectivity index (χ2v) is 6.72. The van der Waals surface area contributed by atoms with E-state index in [9.17, 15) is 17.2 Å². The lowest BCUT2D eigenvalue weighted by molar-refractivity contribution is 0.592. The first kappa shape index (κ1) is 15.2. The Morgan fingerprint density at radius 2 is 1.80 bits per heavy atom. The smallest absolute Gasteiger partial charge is 0.262 e. The minimum absolute atomic E-state index is 0.0915. The Morgan fingerprint density at radius 1 is 1.10 bits per heavy atom. The number of hydrogen-bond acceptors (Lipinski definition) is 2. The highest BCUT2D eigenvalue weighted by Gasteiger charge is 2.19. The SMILES string of the molecule is O=S(=O)(Nc1c(F)cccc1Cl)c1ccc(Br)c(F)c1. The fourth-order valence-electron chi connectivity index (χ4n) is 1.43. The van der Waals surface area contributed by atoms with Crippen molar-refractivity contribution in [3.63, 3.8) is 0 Å². The van der Waals surface area contributed by atoms with Crippen LogP contribution < -0.4 is 4.72 Å². The number of nitrogens with one attached hydrogen (secondary N) is 1. The van der Waals surface area contributed by atoms with E-state index in [0.29, 0.717) is 0 Å². The first-order valence-electron chi connectivity index (χ1n) is 5.23. The Kier molecular flexibility index (Phi) is 4.31. The van der Waals surface area contributed by atoms with E-state index < -0.39 is 21.7 Å². The fourth-order valence-corrected chi connectivity index (χ4v) is 3.05. The summed E-state index contributed by atoms with van der Waals surface area (Å²) in [6, 6.07) is 6.99. The Bertz CT molecular complexity index is 748. The number of sulfonamides is 1. The van der Waals surface area contributed by atoms with Crippen LogP contribution in [0, 0.1) is 11.6 Å². The van der Waals surface area contributed by atoms with Gasteiger partial charge in [0.15, 0.2) is 0 Å². The summed E-state index contributed by atoms with van der Waals surface area (Å²) >= 11 is 8.65. The third-order valence-corrected chi connectivity index (χ3v) is 4.71. The summed E-state index contributed by atoms with van der Waals surface area (Å²) in [6.07, 6.45) is 0.